The molecule has 1 aliphatic heterocycles. The van der Waals surface area contributed by atoms with Gasteiger partial charge in [0.15, 0.2) is 10.9 Å². The first kappa shape index (κ1) is 19.3. The van der Waals surface area contributed by atoms with Gasteiger partial charge in [-0.15, -0.1) is 13.2 Å². The van der Waals surface area contributed by atoms with Gasteiger partial charge in [-0.1, -0.05) is 12.1 Å². The van der Waals surface area contributed by atoms with Crippen LogP contribution in [0.25, 0.3) is 0 Å². The molecule has 0 amide bonds. The Balaban J connectivity index is 1.94. The van der Waals surface area contributed by atoms with E-state index < -0.39 is 6.36 Å². The zero-order valence-corrected chi connectivity index (χ0v) is 14.5. The van der Waals surface area contributed by atoms with Crippen LogP contribution in [0.2, 0.25) is 0 Å². The first-order valence-electron chi connectivity index (χ1n) is 7.87. The third kappa shape index (κ3) is 5.77. The highest BCUT2D eigenvalue weighted by molar-refractivity contribution is 7.80. The van der Waals surface area contributed by atoms with Crippen LogP contribution in [-0.2, 0) is 9.53 Å². The zero-order valence-electron chi connectivity index (χ0n) is 13.6. The van der Waals surface area contributed by atoms with Crippen LogP contribution in [0.3, 0.4) is 0 Å². The maximum absolute atomic E-state index is 12.5. The molecule has 2 rings (SSSR count). The minimum Gasteiger partial charge on any atom is -0.466 e. The second kappa shape index (κ2) is 8.37. The molecule has 1 N–H and O–H groups in total. The number of ether oxygens (including phenoxy) is 2. The molecule has 1 aromatic carbocycles. The molecule has 0 unspecified atom stereocenters. The number of esters is 1. The zero-order chi connectivity index (χ0) is 18.4. The summed E-state index contributed by atoms with van der Waals surface area (Å²) in [4.78, 5) is 13.5. The largest absolute Gasteiger partial charge is 0.573 e. The highest BCUT2D eigenvalue weighted by atomic mass is 32.1. The van der Waals surface area contributed by atoms with Crippen molar-refractivity contribution in [2.75, 3.05) is 25.0 Å². The average molecular weight is 376 g/mol. The van der Waals surface area contributed by atoms with Gasteiger partial charge in [-0.25, -0.2) is 0 Å². The molecule has 1 heterocycles. The fourth-order valence-electron chi connectivity index (χ4n) is 2.56. The number of anilines is 1. The Bertz CT molecular complexity index is 617. The molecule has 1 aliphatic rings. The summed E-state index contributed by atoms with van der Waals surface area (Å²) in [6, 6.07) is 5.70. The van der Waals surface area contributed by atoms with Gasteiger partial charge in [-0.2, -0.15) is 0 Å². The molecule has 0 saturated carbocycles. The Kier molecular flexibility index (Phi) is 6.46. The molecule has 0 aromatic heterocycles. The van der Waals surface area contributed by atoms with Crippen LogP contribution in [0.15, 0.2) is 24.3 Å². The molecule has 9 heteroatoms. The molecule has 1 saturated heterocycles. The van der Waals surface area contributed by atoms with Gasteiger partial charge in [0.2, 0.25) is 0 Å². The van der Waals surface area contributed by atoms with Gasteiger partial charge < -0.3 is 19.7 Å². The van der Waals surface area contributed by atoms with E-state index in [4.69, 9.17) is 17.0 Å². The highest BCUT2D eigenvalue weighted by Crippen LogP contribution is 2.30. The molecular formula is C16H19F3N2O3S. The van der Waals surface area contributed by atoms with E-state index in [2.05, 4.69) is 10.1 Å². The number of hydrogen-bond acceptors (Lipinski definition) is 4. The molecule has 0 radical (unpaired) electrons. The van der Waals surface area contributed by atoms with Gasteiger partial charge in [0.1, 0.15) is 0 Å². The molecule has 0 aliphatic carbocycles. The smallest absolute Gasteiger partial charge is 0.466 e. The minimum atomic E-state index is -4.78. The highest BCUT2D eigenvalue weighted by Gasteiger charge is 2.32. The monoisotopic (exact) mass is 376 g/mol. The number of nitrogens with one attached hydrogen (secondary N) is 1. The standard InChI is InChI=1S/C16H19F3N2O3S/c1-2-23-14(22)11-7-9-21(10-8-11)15(25)20-12-5-3-4-6-13(12)24-16(17,18)19/h3-6,11H,2,7-10H2,1H3,(H,20,25). The lowest BCUT2D eigenvalue weighted by molar-refractivity contribution is -0.274. The van der Waals surface area contributed by atoms with E-state index >= 15 is 0 Å². The first-order chi connectivity index (χ1) is 11.8. The molecular weight excluding hydrogens is 357 g/mol. The van der Waals surface area contributed by atoms with Crippen molar-refractivity contribution >= 4 is 29.0 Å². The van der Waals surface area contributed by atoms with Gasteiger partial charge in [0.25, 0.3) is 0 Å². The van der Waals surface area contributed by atoms with Crippen LogP contribution in [0.5, 0.6) is 5.75 Å². The molecule has 1 aromatic rings. The van der Waals surface area contributed by atoms with E-state index in [1.54, 1.807) is 13.0 Å². The Morgan fingerprint density at radius 1 is 1.32 bits per heavy atom. The number of piperidine rings is 1. The van der Waals surface area contributed by atoms with E-state index in [-0.39, 0.29) is 23.3 Å². The normalized spacial score (nSPS) is 15.6. The topological polar surface area (TPSA) is 50.8 Å². The summed E-state index contributed by atoms with van der Waals surface area (Å²) in [5.74, 6) is -0.733. The summed E-state index contributed by atoms with van der Waals surface area (Å²) in [6.45, 7) is 3.15. The number of thiocarbonyl (C=S) groups is 1. The van der Waals surface area contributed by atoms with Crippen LogP contribution in [0, 0.1) is 5.92 Å². The second-order valence-electron chi connectivity index (χ2n) is 5.49. The van der Waals surface area contributed by atoms with Crippen LogP contribution in [-0.4, -0.2) is 42.0 Å². The first-order valence-corrected chi connectivity index (χ1v) is 8.28. The molecule has 1 fully saturated rings. The number of likely N-dealkylation sites (tertiary alicyclic amines) is 1. The van der Waals surface area contributed by atoms with E-state index in [1.807, 2.05) is 4.90 Å². The summed E-state index contributed by atoms with van der Waals surface area (Å²) >= 11 is 5.27. The van der Waals surface area contributed by atoms with Crippen LogP contribution < -0.4 is 10.1 Å². The van der Waals surface area contributed by atoms with Gasteiger partial charge in [0.05, 0.1) is 18.2 Å². The fourth-order valence-corrected chi connectivity index (χ4v) is 2.85. The van der Waals surface area contributed by atoms with Gasteiger partial charge in [-0.05, 0) is 44.1 Å². The lowest BCUT2D eigenvalue weighted by Gasteiger charge is -2.33. The molecule has 5 nitrogen and oxygen atoms in total. The molecule has 0 bridgehead atoms. The van der Waals surface area contributed by atoms with E-state index in [0.717, 1.165) is 0 Å². The lowest BCUT2D eigenvalue weighted by Crippen LogP contribution is -2.42. The van der Waals surface area contributed by atoms with Gasteiger partial charge >= 0.3 is 12.3 Å². The van der Waals surface area contributed by atoms with Gasteiger partial charge in [0, 0.05) is 13.1 Å². The van der Waals surface area contributed by atoms with Crippen molar-refractivity contribution < 1.29 is 27.4 Å². The summed E-state index contributed by atoms with van der Waals surface area (Å²) < 4.78 is 46.4. The van der Waals surface area contributed by atoms with E-state index in [0.29, 0.717) is 37.7 Å². The van der Waals surface area contributed by atoms with Crippen molar-refractivity contribution in [1.29, 1.82) is 0 Å². The Hall–Kier alpha value is -2.03. The lowest BCUT2D eigenvalue weighted by atomic mass is 9.97. The maximum Gasteiger partial charge on any atom is 0.573 e. The van der Waals surface area contributed by atoms with Crippen molar-refractivity contribution in [2.24, 2.45) is 5.92 Å². The molecule has 25 heavy (non-hydrogen) atoms. The third-order valence-corrected chi connectivity index (χ3v) is 4.12. The van der Waals surface area contributed by atoms with Gasteiger partial charge in [-0.3, -0.25) is 4.79 Å². The van der Waals surface area contributed by atoms with Crippen molar-refractivity contribution in [1.82, 2.24) is 4.90 Å². The molecule has 0 atom stereocenters. The predicted octanol–water partition coefficient (Wildman–Crippen LogP) is 3.56. The van der Waals surface area contributed by atoms with Crippen molar-refractivity contribution in [3.05, 3.63) is 24.3 Å². The number of nitrogens with zero attached hydrogens (tertiary/aromatic N) is 1. The quantitative estimate of drug-likeness (QED) is 0.641. The minimum absolute atomic E-state index is 0.136. The summed E-state index contributed by atoms with van der Waals surface area (Å²) in [5, 5.41) is 3.08. The number of hydrogen-bond donors (Lipinski definition) is 1. The Morgan fingerprint density at radius 3 is 2.56 bits per heavy atom. The SMILES string of the molecule is CCOC(=O)C1CCN(C(=S)Nc2ccccc2OC(F)(F)F)CC1. The van der Waals surface area contributed by atoms with Crippen LogP contribution >= 0.6 is 12.2 Å². The number of para-hydroxylation sites is 2. The third-order valence-electron chi connectivity index (χ3n) is 3.76. The van der Waals surface area contributed by atoms with E-state index in [1.165, 1.54) is 18.2 Å². The predicted molar refractivity (Wildman–Crippen MR) is 90.3 cm³/mol. The van der Waals surface area contributed by atoms with E-state index in [9.17, 15) is 18.0 Å². The number of carbonyl (C=O) groups is 1. The number of benzene rings is 1. The molecule has 138 valence electrons. The van der Waals surface area contributed by atoms with Crippen molar-refractivity contribution in [2.45, 2.75) is 26.1 Å². The number of halogens is 3. The summed E-state index contributed by atoms with van der Waals surface area (Å²) in [5.41, 5.74) is 0.136. The summed E-state index contributed by atoms with van der Waals surface area (Å²) in [6.07, 6.45) is -3.61. The van der Waals surface area contributed by atoms with Crippen LogP contribution in [0.4, 0.5) is 18.9 Å². The summed E-state index contributed by atoms with van der Waals surface area (Å²) in [7, 11) is 0. The van der Waals surface area contributed by atoms with Crippen molar-refractivity contribution in [3.8, 4) is 5.75 Å². The number of rotatable bonds is 4. The van der Waals surface area contributed by atoms with Crippen LogP contribution in [0.1, 0.15) is 19.8 Å². The fraction of sp³-hybridized carbons (Fsp3) is 0.500. The Morgan fingerprint density at radius 2 is 1.96 bits per heavy atom. The number of carbonyl (C=O) groups excluding carboxylic acids is 1. The number of alkyl halides is 3. The maximum atomic E-state index is 12.5. The van der Waals surface area contributed by atoms with Crippen molar-refractivity contribution in [3.63, 3.8) is 0 Å². The second-order valence-corrected chi connectivity index (χ2v) is 5.87. The average Bonchev–Trinajstić information content (AvgIpc) is 2.55. The molecule has 0 spiro atoms. The Labute approximate surface area is 149 Å².